The normalized spacial score (nSPS) is 16.6. The lowest BCUT2D eigenvalue weighted by Crippen LogP contribution is -2.54. The molecule has 2 aliphatic heterocycles. The van der Waals surface area contributed by atoms with E-state index in [1.807, 2.05) is 55.5 Å². The molecule has 1 aromatic heterocycles. The summed E-state index contributed by atoms with van der Waals surface area (Å²) in [6.07, 6.45) is 7.40. The predicted octanol–water partition coefficient (Wildman–Crippen LogP) is 6.34. The van der Waals surface area contributed by atoms with Crippen LogP contribution in [0.4, 0.5) is 14.3 Å². The molecule has 3 nitrogen and oxygen atoms in total. The van der Waals surface area contributed by atoms with Gasteiger partial charge >= 0.3 is 6.97 Å². The van der Waals surface area contributed by atoms with Crippen LogP contribution in [0.2, 0.25) is 0 Å². The van der Waals surface area contributed by atoms with Crippen molar-refractivity contribution in [2.45, 2.75) is 27.7 Å². The van der Waals surface area contributed by atoms with Crippen LogP contribution >= 0.6 is 0 Å². The van der Waals surface area contributed by atoms with E-state index >= 15 is 8.63 Å². The van der Waals surface area contributed by atoms with Gasteiger partial charge in [0.15, 0.2) is 0 Å². The van der Waals surface area contributed by atoms with E-state index in [1.165, 1.54) is 14.9 Å². The summed E-state index contributed by atoms with van der Waals surface area (Å²) in [6, 6.07) is 13.5. The van der Waals surface area contributed by atoms with E-state index in [0.29, 0.717) is 22.8 Å². The molecule has 6 heteroatoms. The summed E-state index contributed by atoms with van der Waals surface area (Å²) in [4.78, 5) is 1.23. The molecule has 0 saturated carbocycles. The van der Waals surface area contributed by atoms with Crippen molar-refractivity contribution in [3.05, 3.63) is 105 Å². The third-order valence-corrected chi connectivity index (χ3v) is 6.68. The standard InChI is InChI=1S/C27H27BF2N3/c1-17-14-18(2)24(19(3)15-17)12-11-23-16-20(4)27-26(21-7-9-22(31)10-8-21)25-6-5-13-32(25)28(29,30)33(23)27/h5-12,14-16H,13,31H2,1-4H3/q-1/b12-11+. The molecule has 0 fully saturated rings. The Morgan fingerprint density at radius 3 is 2.24 bits per heavy atom. The molecule has 0 unspecified atom stereocenters. The zero-order valence-electron chi connectivity index (χ0n) is 19.4. The average molecular weight is 442 g/mol. The highest BCUT2D eigenvalue weighted by Crippen LogP contribution is 2.44. The van der Waals surface area contributed by atoms with Crippen molar-refractivity contribution in [3.63, 3.8) is 0 Å². The molecule has 3 heterocycles. The fourth-order valence-electron chi connectivity index (χ4n) is 5.27. The Labute approximate surface area is 193 Å². The number of nitrogen functional groups attached to an aromatic ring is 1. The van der Waals surface area contributed by atoms with E-state index in [-0.39, 0.29) is 6.54 Å². The predicted molar refractivity (Wildman–Crippen MR) is 135 cm³/mol. The van der Waals surface area contributed by atoms with Crippen LogP contribution in [-0.2, 0) is 0 Å². The molecule has 0 amide bonds. The van der Waals surface area contributed by atoms with Crippen molar-refractivity contribution < 1.29 is 8.63 Å². The van der Waals surface area contributed by atoms with Gasteiger partial charge in [0.1, 0.15) is 0 Å². The van der Waals surface area contributed by atoms with Gasteiger partial charge in [0.2, 0.25) is 0 Å². The summed E-state index contributed by atoms with van der Waals surface area (Å²) in [5.74, 6) is 0. The van der Waals surface area contributed by atoms with Crippen LogP contribution in [0, 0.1) is 27.7 Å². The summed E-state index contributed by atoms with van der Waals surface area (Å²) in [7, 11) is 0. The van der Waals surface area contributed by atoms with Crippen molar-refractivity contribution in [3.8, 4) is 0 Å². The number of hydrogen-bond acceptors (Lipinski definition) is 2. The topological polar surface area (TPSA) is 34.2 Å². The number of hydrogen-bond donors (Lipinski definition) is 1. The summed E-state index contributed by atoms with van der Waals surface area (Å²) >= 11 is 0. The Hall–Kier alpha value is -3.54. The van der Waals surface area contributed by atoms with Crippen LogP contribution in [0.25, 0.3) is 17.7 Å². The van der Waals surface area contributed by atoms with Crippen molar-refractivity contribution >= 4 is 30.4 Å². The minimum Gasteiger partial charge on any atom is -0.466 e. The van der Waals surface area contributed by atoms with Crippen molar-refractivity contribution in [2.24, 2.45) is 0 Å². The summed E-state index contributed by atoms with van der Waals surface area (Å²) < 4.78 is 33.1. The molecular weight excluding hydrogens is 415 g/mol. The van der Waals surface area contributed by atoms with Gasteiger partial charge in [-0.3, -0.25) is 0 Å². The second-order valence-corrected chi connectivity index (χ2v) is 9.14. The van der Waals surface area contributed by atoms with Crippen LogP contribution in [0.3, 0.4) is 0 Å². The second-order valence-electron chi connectivity index (χ2n) is 9.14. The van der Waals surface area contributed by atoms with E-state index in [9.17, 15) is 0 Å². The highest BCUT2D eigenvalue weighted by molar-refractivity contribution is 6.63. The lowest BCUT2D eigenvalue weighted by atomic mass is 9.84. The maximum atomic E-state index is 15.9. The largest absolute Gasteiger partial charge is 0.529 e. The molecule has 0 spiro atoms. The number of halogens is 2. The number of allylic oxidation sites excluding steroid dienone is 1. The third kappa shape index (κ3) is 3.32. The number of fused-ring (bicyclic) bond motifs is 2. The van der Waals surface area contributed by atoms with Crippen molar-refractivity contribution in [1.82, 2.24) is 9.29 Å². The van der Waals surface area contributed by atoms with Gasteiger partial charge in [-0.05, 0) is 85.9 Å². The lowest BCUT2D eigenvalue weighted by Gasteiger charge is -2.46. The molecule has 0 saturated heterocycles. The summed E-state index contributed by atoms with van der Waals surface area (Å²) in [5, 5.41) is 0. The Balaban J connectivity index is 1.71. The first kappa shape index (κ1) is 21.3. The lowest BCUT2D eigenvalue weighted by molar-refractivity contribution is 0.401. The molecule has 3 aromatic rings. The summed E-state index contributed by atoms with van der Waals surface area (Å²) in [6.45, 7) is 4.29. The molecule has 2 aromatic carbocycles. The van der Waals surface area contributed by atoms with Crippen molar-refractivity contribution in [1.29, 1.82) is 0 Å². The molecule has 0 bridgehead atoms. The zero-order valence-corrected chi connectivity index (χ0v) is 19.4. The Morgan fingerprint density at radius 2 is 1.58 bits per heavy atom. The molecule has 2 N–H and O–H groups in total. The van der Waals surface area contributed by atoms with E-state index in [0.717, 1.165) is 33.4 Å². The molecule has 0 aliphatic carbocycles. The first-order valence-electron chi connectivity index (χ1n) is 11.2. The monoisotopic (exact) mass is 442 g/mol. The van der Waals surface area contributed by atoms with Crippen LogP contribution in [-0.4, -0.2) is 22.8 Å². The van der Waals surface area contributed by atoms with Crippen molar-refractivity contribution in [2.75, 3.05) is 12.3 Å². The van der Waals surface area contributed by atoms with Gasteiger partial charge in [0.05, 0.1) is 0 Å². The average Bonchev–Trinajstić information content (AvgIpc) is 3.35. The minimum atomic E-state index is -3.99. The Bertz CT molecular complexity index is 1340. The van der Waals surface area contributed by atoms with Crippen LogP contribution < -0.4 is 5.73 Å². The van der Waals surface area contributed by atoms with Gasteiger partial charge in [-0.1, -0.05) is 42.0 Å². The number of benzene rings is 2. The molecule has 2 aliphatic rings. The smallest absolute Gasteiger partial charge is 0.466 e. The fraction of sp³-hybridized carbons (Fsp3) is 0.185. The van der Waals surface area contributed by atoms with E-state index in [4.69, 9.17) is 5.73 Å². The molecule has 33 heavy (non-hydrogen) atoms. The fourth-order valence-corrected chi connectivity index (χ4v) is 5.27. The number of nitrogens with two attached hydrogens (primary N) is 1. The highest BCUT2D eigenvalue weighted by atomic mass is 19.2. The maximum absolute atomic E-state index is 15.9. The Kier molecular flexibility index (Phi) is 4.85. The van der Waals surface area contributed by atoms with E-state index < -0.39 is 6.97 Å². The minimum absolute atomic E-state index is 0.191. The SMILES string of the molecule is Cc1cc(C)c(/C=C/c2cc(C)c3n2[B-](F)(F)N2CC=CC2=C3c2ccc(N)cc2)c(C)c1. The van der Waals surface area contributed by atoms with Gasteiger partial charge in [0.25, 0.3) is 0 Å². The van der Waals surface area contributed by atoms with Gasteiger partial charge in [-0.25, -0.2) is 0 Å². The summed E-state index contributed by atoms with van der Waals surface area (Å²) in [5.41, 5.74) is 15.2. The number of rotatable bonds is 3. The quantitative estimate of drug-likeness (QED) is 0.379. The molecule has 5 rings (SSSR count). The Morgan fingerprint density at radius 1 is 0.909 bits per heavy atom. The van der Waals surface area contributed by atoms with E-state index in [1.54, 1.807) is 6.08 Å². The van der Waals surface area contributed by atoms with Gasteiger partial charge < -0.3 is 23.7 Å². The molecule has 0 atom stereocenters. The maximum Gasteiger partial charge on any atom is 0.529 e. The molecular formula is C27H27BF2N3-. The van der Waals surface area contributed by atoms with Crippen LogP contribution in [0.15, 0.2) is 60.3 Å². The first-order valence-corrected chi connectivity index (χ1v) is 11.2. The number of anilines is 1. The number of aryl methyl sites for hydroxylation is 4. The van der Waals surface area contributed by atoms with Gasteiger partial charge in [0, 0.05) is 34.9 Å². The zero-order chi connectivity index (χ0) is 23.5. The first-order chi connectivity index (χ1) is 15.7. The van der Waals surface area contributed by atoms with Crippen LogP contribution in [0.5, 0.6) is 0 Å². The van der Waals surface area contributed by atoms with E-state index in [2.05, 4.69) is 32.9 Å². The second kappa shape index (κ2) is 7.51. The highest BCUT2D eigenvalue weighted by Gasteiger charge is 2.44. The van der Waals surface area contributed by atoms with Gasteiger partial charge in [-0.2, -0.15) is 0 Å². The van der Waals surface area contributed by atoms with Gasteiger partial charge in [-0.15, -0.1) is 0 Å². The van der Waals surface area contributed by atoms with Crippen LogP contribution in [0.1, 0.15) is 44.8 Å². The number of nitrogens with zero attached hydrogens (tertiary/aromatic N) is 2. The number of aromatic nitrogens is 1. The molecule has 168 valence electrons. The third-order valence-electron chi connectivity index (χ3n) is 6.68. The molecule has 0 radical (unpaired) electrons.